The number of nitrogens with one attached hydrogen (secondary N) is 2. The fourth-order valence-electron chi connectivity index (χ4n) is 2.23. The van der Waals surface area contributed by atoms with E-state index in [1.807, 2.05) is 0 Å². The highest BCUT2D eigenvalue weighted by Gasteiger charge is 2.47. The Morgan fingerprint density at radius 2 is 2.09 bits per heavy atom. The highest BCUT2D eigenvalue weighted by molar-refractivity contribution is 6.09. The number of hydrogen-bond acceptors (Lipinski definition) is 5. The van der Waals surface area contributed by atoms with E-state index >= 15 is 0 Å². The van der Waals surface area contributed by atoms with Gasteiger partial charge in [-0.2, -0.15) is 5.01 Å². The Bertz CT molecular complexity index is 674. The minimum absolute atomic E-state index is 0.0995. The van der Waals surface area contributed by atoms with Gasteiger partial charge in [0.15, 0.2) is 11.5 Å². The summed E-state index contributed by atoms with van der Waals surface area (Å²) in [4.78, 5) is 36.3. The van der Waals surface area contributed by atoms with E-state index in [1.165, 1.54) is 12.1 Å². The van der Waals surface area contributed by atoms with Crippen molar-refractivity contribution in [1.29, 1.82) is 0 Å². The van der Waals surface area contributed by atoms with E-state index in [-0.39, 0.29) is 12.4 Å². The molecule has 116 valence electrons. The number of rotatable bonds is 3. The Morgan fingerprint density at radius 1 is 1.36 bits per heavy atom. The molecule has 1 aromatic carbocycles. The molecule has 2 heterocycles. The Morgan fingerprint density at radius 3 is 2.77 bits per heavy atom. The lowest BCUT2D eigenvalue weighted by Gasteiger charge is -2.19. The molecule has 0 radical (unpaired) electrons. The average Bonchev–Trinajstić information content (AvgIpc) is 3.05. The third-order valence-electron chi connectivity index (χ3n) is 3.82. The summed E-state index contributed by atoms with van der Waals surface area (Å²) in [5.74, 6) is -0.0791. The van der Waals surface area contributed by atoms with E-state index in [2.05, 4.69) is 10.7 Å². The van der Waals surface area contributed by atoms with Gasteiger partial charge >= 0.3 is 6.03 Å². The molecule has 0 aliphatic carbocycles. The normalized spacial score (nSPS) is 22.7. The van der Waals surface area contributed by atoms with Gasteiger partial charge in [0.05, 0.1) is 0 Å². The van der Waals surface area contributed by atoms with Crippen LogP contribution in [0, 0.1) is 0 Å². The summed E-state index contributed by atoms with van der Waals surface area (Å²) in [5.41, 5.74) is 1.57. The summed E-state index contributed by atoms with van der Waals surface area (Å²) in [6, 6.07) is 3.97. The highest BCUT2D eigenvalue weighted by Crippen LogP contribution is 2.32. The van der Waals surface area contributed by atoms with Gasteiger partial charge < -0.3 is 14.8 Å². The maximum atomic E-state index is 12.2. The van der Waals surface area contributed by atoms with Gasteiger partial charge in [-0.3, -0.25) is 15.0 Å². The van der Waals surface area contributed by atoms with Crippen LogP contribution in [-0.2, 0) is 4.79 Å². The second kappa shape index (κ2) is 4.90. The van der Waals surface area contributed by atoms with Gasteiger partial charge in [0, 0.05) is 5.56 Å². The molecule has 0 spiro atoms. The molecule has 0 unspecified atom stereocenters. The van der Waals surface area contributed by atoms with Crippen LogP contribution in [0.1, 0.15) is 30.6 Å². The summed E-state index contributed by atoms with van der Waals surface area (Å²) in [5, 5.41) is 3.26. The molecule has 0 bridgehead atoms. The Kier molecular flexibility index (Phi) is 3.16. The molecule has 0 saturated carbocycles. The number of imide groups is 1. The third-order valence-corrected chi connectivity index (χ3v) is 3.82. The van der Waals surface area contributed by atoms with Crippen LogP contribution in [0.4, 0.5) is 4.79 Å². The Labute approximate surface area is 126 Å². The van der Waals surface area contributed by atoms with Crippen LogP contribution < -0.4 is 20.2 Å². The average molecular weight is 305 g/mol. The van der Waals surface area contributed by atoms with Gasteiger partial charge in [-0.15, -0.1) is 0 Å². The first-order valence-corrected chi connectivity index (χ1v) is 6.82. The number of urea groups is 1. The number of hydrazine groups is 1. The lowest BCUT2D eigenvalue weighted by molar-refractivity contribution is -0.132. The summed E-state index contributed by atoms with van der Waals surface area (Å²) in [7, 11) is 0. The lowest BCUT2D eigenvalue weighted by atomic mass is 10.00. The summed E-state index contributed by atoms with van der Waals surface area (Å²) in [6.45, 7) is 3.49. The molecular formula is C14H15N3O5. The number of benzene rings is 1. The first kappa shape index (κ1) is 14.2. The van der Waals surface area contributed by atoms with Gasteiger partial charge in [-0.1, -0.05) is 6.92 Å². The monoisotopic (exact) mass is 305 g/mol. The van der Waals surface area contributed by atoms with Crippen molar-refractivity contribution in [3.05, 3.63) is 23.8 Å². The minimum Gasteiger partial charge on any atom is -0.454 e. The smallest absolute Gasteiger partial charge is 0.344 e. The van der Waals surface area contributed by atoms with Gasteiger partial charge in [0.25, 0.3) is 11.8 Å². The van der Waals surface area contributed by atoms with Crippen LogP contribution in [-0.4, -0.2) is 35.2 Å². The predicted molar refractivity (Wildman–Crippen MR) is 74.1 cm³/mol. The van der Waals surface area contributed by atoms with E-state index in [1.54, 1.807) is 19.9 Å². The number of carbonyl (C=O) groups excluding carboxylic acids is 3. The largest absolute Gasteiger partial charge is 0.454 e. The van der Waals surface area contributed by atoms with Crippen LogP contribution in [0.3, 0.4) is 0 Å². The zero-order chi connectivity index (χ0) is 15.9. The molecule has 2 aliphatic rings. The topological polar surface area (TPSA) is 97.0 Å². The van der Waals surface area contributed by atoms with Gasteiger partial charge in [0.1, 0.15) is 5.54 Å². The fraction of sp³-hybridized carbons (Fsp3) is 0.357. The molecule has 1 aromatic rings. The summed E-state index contributed by atoms with van der Waals surface area (Å²) in [6.07, 6.45) is 0.425. The van der Waals surface area contributed by atoms with Gasteiger partial charge in [-0.25, -0.2) is 4.79 Å². The first-order valence-electron chi connectivity index (χ1n) is 6.82. The van der Waals surface area contributed by atoms with Crippen LogP contribution in [0.25, 0.3) is 0 Å². The van der Waals surface area contributed by atoms with E-state index in [9.17, 15) is 14.4 Å². The molecule has 4 amide bonds. The molecule has 22 heavy (non-hydrogen) atoms. The molecule has 2 aliphatic heterocycles. The number of carbonyl (C=O) groups is 3. The number of ether oxygens (including phenoxy) is 2. The van der Waals surface area contributed by atoms with Crippen LogP contribution >= 0.6 is 0 Å². The third kappa shape index (κ3) is 2.12. The van der Waals surface area contributed by atoms with Crippen molar-refractivity contribution in [3.8, 4) is 11.5 Å². The van der Waals surface area contributed by atoms with Crippen molar-refractivity contribution in [1.82, 2.24) is 15.8 Å². The zero-order valence-electron chi connectivity index (χ0n) is 12.1. The van der Waals surface area contributed by atoms with Gasteiger partial charge in [0.2, 0.25) is 6.79 Å². The molecule has 1 atom stereocenters. The second-order valence-electron chi connectivity index (χ2n) is 5.27. The minimum atomic E-state index is -1.00. The summed E-state index contributed by atoms with van der Waals surface area (Å²) >= 11 is 0. The van der Waals surface area contributed by atoms with Crippen molar-refractivity contribution in [3.63, 3.8) is 0 Å². The molecule has 0 aromatic heterocycles. The Balaban J connectivity index is 1.77. The second-order valence-corrected chi connectivity index (χ2v) is 5.27. The Hall–Kier alpha value is -2.77. The lowest BCUT2D eigenvalue weighted by Crippen LogP contribution is -2.48. The van der Waals surface area contributed by atoms with Crippen molar-refractivity contribution in [2.45, 2.75) is 25.8 Å². The molecular weight excluding hydrogens is 290 g/mol. The number of amides is 4. The van der Waals surface area contributed by atoms with Crippen molar-refractivity contribution in [2.24, 2.45) is 0 Å². The van der Waals surface area contributed by atoms with Crippen molar-refractivity contribution < 1.29 is 23.9 Å². The number of nitrogens with zero attached hydrogens (tertiary/aromatic N) is 1. The van der Waals surface area contributed by atoms with E-state index in [4.69, 9.17) is 9.47 Å². The van der Waals surface area contributed by atoms with Crippen molar-refractivity contribution >= 4 is 17.8 Å². The SMILES string of the molecule is CC[C@@]1(C)NC(=O)N(NC(=O)c2ccc3c(c2)OCO3)C1=O. The molecule has 1 fully saturated rings. The predicted octanol–water partition coefficient (Wildman–Crippen LogP) is 0.781. The van der Waals surface area contributed by atoms with E-state index in [0.717, 1.165) is 0 Å². The molecule has 2 N–H and O–H groups in total. The highest BCUT2D eigenvalue weighted by atomic mass is 16.7. The molecule has 1 saturated heterocycles. The van der Waals surface area contributed by atoms with E-state index in [0.29, 0.717) is 22.9 Å². The fourth-order valence-corrected chi connectivity index (χ4v) is 2.23. The quantitative estimate of drug-likeness (QED) is 0.804. The van der Waals surface area contributed by atoms with Crippen LogP contribution in [0.5, 0.6) is 11.5 Å². The van der Waals surface area contributed by atoms with E-state index < -0.39 is 23.4 Å². The summed E-state index contributed by atoms with van der Waals surface area (Å²) < 4.78 is 10.3. The zero-order valence-corrected chi connectivity index (χ0v) is 12.1. The molecule has 8 nitrogen and oxygen atoms in total. The molecule has 3 rings (SSSR count). The number of hydrogen-bond donors (Lipinski definition) is 2. The maximum absolute atomic E-state index is 12.2. The van der Waals surface area contributed by atoms with Crippen LogP contribution in [0.15, 0.2) is 18.2 Å². The first-order chi connectivity index (χ1) is 10.4. The maximum Gasteiger partial charge on any atom is 0.344 e. The standard InChI is InChI=1S/C14H15N3O5/c1-3-14(2)12(19)17(13(20)15-14)16-11(18)8-4-5-9-10(6-8)22-7-21-9/h4-6H,3,7H2,1-2H3,(H,15,20)(H,16,18)/t14-/m1/s1. The van der Waals surface area contributed by atoms with Crippen molar-refractivity contribution in [2.75, 3.05) is 6.79 Å². The molecule has 8 heteroatoms. The number of fused-ring (bicyclic) bond motifs is 1. The van der Waals surface area contributed by atoms with Crippen LogP contribution in [0.2, 0.25) is 0 Å². The van der Waals surface area contributed by atoms with Gasteiger partial charge in [-0.05, 0) is 31.5 Å².